The summed E-state index contributed by atoms with van der Waals surface area (Å²) >= 11 is 0. The minimum atomic E-state index is -0.328. The Labute approximate surface area is 70.2 Å². The monoisotopic (exact) mass is 169 g/mol. The number of amides is 1. The molecule has 0 aliphatic heterocycles. The first-order valence-electron chi connectivity index (χ1n) is 3.71. The van der Waals surface area contributed by atoms with Gasteiger partial charge in [0.05, 0.1) is 0 Å². The van der Waals surface area contributed by atoms with Gasteiger partial charge in [-0.05, 0) is 0 Å². The zero-order valence-corrected chi connectivity index (χ0v) is 7.29. The lowest BCUT2D eigenvalue weighted by atomic mass is 10.2. The van der Waals surface area contributed by atoms with Gasteiger partial charge in [0, 0.05) is 13.0 Å². The predicted octanol–water partition coefficient (Wildman–Crippen LogP) is 0.553. The second-order valence-corrected chi connectivity index (χ2v) is 2.69. The Morgan fingerprint density at radius 2 is 2.25 bits per heavy atom. The number of hydrogen-bond donors (Lipinski definition) is 1. The lowest BCUT2D eigenvalue weighted by Gasteiger charge is -1.92. The number of hydrogen-bond acceptors (Lipinski definition) is 4. The Morgan fingerprint density at radius 1 is 1.58 bits per heavy atom. The van der Waals surface area contributed by atoms with Crippen molar-refractivity contribution in [2.75, 3.05) is 7.05 Å². The van der Waals surface area contributed by atoms with Gasteiger partial charge in [0.1, 0.15) is 0 Å². The highest BCUT2D eigenvalue weighted by Gasteiger charge is 2.14. The smallest absolute Gasteiger partial charge is 0.292 e. The minimum absolute atomic E-state index is 0.0844. The van der Waals surface area contributed by atoms with E-state index in [0.29, 0.717) is 5.89 Å². The molecule has 1 aromatic heterocycles. The van der Waals surface area contributed by atoms with Crippen molar-refractivity contribution >= 4 is 5.91 Å². The van der Waals surface area contributed by atoms with Crippen LogP contribution < -0.4 is 5.32 Å². The third-order valence-electron chi connectivity index (χ3n) is 1.37. The molecule has 1 rings (SSSR count). The maximum absolute atomic E-state index is 11.0. The lowest BCUT2D eigenvalue weighted by Crippen LogP contribution is -2.19. The number of rotatable bonds is 2. The maximum atomic E-state index is 11.0. The largest absolute Gasteiger partial charge is 0.352 e. The van der Waals surface area contributed by atoms with Crippen LogP contribution in [-0.2, 0) is 0 Å². The van der Waals surface area contributed by atoms with E-state index in [-0.39, 0.29) is 17.6 Å². The summed E-state index contributed by atoms with van der Waals surface area (Å²) in [7, 11) is 1.52. The van der Waals surface area contributed by atoms with Crippen LogP contribution in [0.15, 0.2) is 4.52 Å². The zero-order chi connectivity index (χ0) is 9.14. The molecule has 1 aromatic rings. The fourth-order valence-corrected chi connectivity index (χ4v) is 0.674. The van der Waals surface area contributed by atoms with Crippen LogP contribution in [0.5, 0.6) is 0 Å². The van der Waals surface area contributed by atoms with Crippen LogP contribution in [0.3, 0.4) is 0 Å². The van der Waals surface area contributed by atoms with E-state index < -0.39 is 0 Å². The molecule has 0 spiro atoms. The minimum Gasteiger partial charge on any atom is -0.352 e. The van der Waals surface area contributed by atoms with Crippen LogP contribution in [-0.4, -0.2) is 23.1 Å². The summed E-state index contributed by atoms with van der Waals surface area (Å²) in [6.45, 7) is 3.84. The highest BCUT2D eigenvalue weighted by Crippen LogP contribution is 2.10. The zero-order valence-electron chi connectivity index (χ0n) is 7.29. The summed E-state index contributed by atoms with van der Waals surface area (Å²) in [6, 6.07) is 0. The number of nitrogens with zero attached hydrogens (tertiary/aromatic N) is 2. The van der Waals surface area contributed by atoms with Crippen LogP contribution in [0.2, 0.25) is 0 Å². The van der Waals surface area contributed by atoms with Gasteiger partial charge in [0.15, 0.2) is 0 Å². The molecule has 12 heavy (non-hydrogen) atoms. The Balaban J connectivity index is 2.84. The van der Waals surface area contributed by atoms with Gasteiger partial charge in [-0.2, -0.15) is 4.98 Å². The van der Waals surface area contributed by atoms with Crippen LogP contribution in [0.1, 0.15) is 36.3 Å². The Hall–Kier alpha value is -1.39. The highest BCUT2D eigenvalue weighted by molar-refractivity contribution is 5.89. The fraction of sp³-hybridized carbons (Fsp3) is 0.571. The van der Waals surface area contributed by atoms with E-state index in [1.807, 2.05) is 13.8 Å². The summed E-state index contributed by atoms with van der Waals surface area (Å²) in [5.74, 6) is 0.386. The van der Waals surface area contributed by atoms with E-state index in [1.165, 1.54) is 7.05 Å². The average Bonchev–Trinajstić information content (AvgIpc) is 2.51. The van der Waals surface area contributed by atoms with Crippen LogP contribution in [0.4, 0.5) is 0 Å². The van der Waals surface area contributed by atoms with Crippen LogP contribution in [0.25, 0.3) is 0 Å². The lowest BCUT2D eigenvalue weighted by molar-refractivity contribution is 0.0950. The normalized spacial score (nSPS) is 10.3. The number of nitrogens with one attached hydrogen (secondary N) is 1. The van der Waals surface area contributed by atoms with Crippen molar-refractivity contribution in [2.45, 2.75) is 19.8 Å². The van der Waals surface area contributed by atoms with Gasteiger partial charge < -0.3 is 9.84 Å². The summed E-state index contributed by atoms with van der Waals surface area (Å²) in [5.41, 5.74) is 0. The van der Waals surface area contributed by atoms with Crippen molar-refractivity contribution < 1.29 is 9.32 Å². The molecule has 1 N–H and O–H groups in total. The molecule has 0 saturated carbocycles. The molecule has 0 bridgehead atoms. The summed E-state index contributed by atoms with van der Waals surface area (Å²) in [6.07, 6.45) is 0. The van der Waals surface area contributed by atoms with Crippen molar-refractivity contribution in [1.29, 1.82) is 0 Å². The van der Waals surface area contributed by atoms with E-state index >= 15 is 0 Å². The molecule has 5 heteroatoms. The molecular formula is C7H11N3O2. The summed E-state index contributed by atoms with van der Waals surface area (Å²) < 4.78 is 4.83. The first-order valence-corrected chi connectivity index (χ1v) is 3.71. The van der Waals surface area contributed by atoms with Gasteiger partial charge in [-0.15, -0.1) is 0 Å². The third-order valence-corrected chi connectivity index (χ3v) is 1.37. The van der Waals surface area contributed by atoms with E-state index in [1.54, 1.807) is 0 Å². The topological polar surface area (TPSA) is 68.0 Å². The Bertz CT molecular complexity index is 280. The molecule has 5 nitrogen and oxygen atoms in total. The number of aromatic nitrogens is 2. The van der Waals surface area contributed by atoms with Gasteiger partial charge in [-0.1, -0.05) is 19.0 Å². The fourth-order valence-electron chi connectivity index (χ4n) is 0.674. The van der Waals surface area contributed by atoms with E-state index in [0.717, 1.165) is 0 Å². The molecule has 0 radical (unpaired) electrons. The standard InChI is InChI=1S/C7H11N3O2/c1-4(2)7-9-5(10-12-7)6(11)8-3/h4H,1-3H3,(H,8,11). The van der Waals surface area contributed by atoms with Gasteiger partial charge in [-0.3, -0.25) is 4.79 Å². The van der Waals surface area contributed by atoms with Gasteiger partial charge in [0.25, 0.3) is 11.7 Å². The molecule has 0 fully saturated rings. The molecule has 0 aliphatic carbocycles. The molecule has 66 valence electrons. The van der Waals surface area contributed by atoms with Crippen molar-refractivity contribution in [1.82, 2.24) is 15.5 Å². The molecule has 0 saturated heterocycles. The van der Waals surface area contributed by atoms with E-state index in [2.05, 4.69) is 15.5 Å². The number of carbonyl (C=O) groups excluding carboxylic acids is 1. The van der Waals surface area contributed by atoms with Crippen molar-refractivity contribution in [3.05, 3.63) is 11.7 Å². The van der Waals surface area contributed by atoms with E-state index in [4.69, 9.17) is 4.52 Å². The predicted molar refractivity (Wildman–Crippen MR) is 41.8 cm³/mol. The summed E-state index contributed by atoms with van der Waals surface area (Å²) in [4.78, 5) is 14.8. The van der Waals surface area contributed by atoms with Crippen molar-refractivity contribution in [2.24, 2.45) is 0 Å². The molecule has 0 aromatic carbocycles. The van der Waals surface area contributed by atoms with Crippen molar-refractivity contribution in [3.8, 4) is 0 Å². The summed E-state index contributed by atoms with van der Waals surface area (Å²) in [5, 5.41) is 5.92. The third kappa shape index (κ3) is 1.61. The second-order valence-electron chi connectivity index (χ2n) is 2.69. The second kappa shape index (κ2) is 3.34. The molecule has 0 atom stereocenters. The molecule has 0 unspecified atom stereocenters. The first-order chi connectivity index (χ1) is 5.65. The first kappa shape index (κ1) is 8.70. The molecule has 1 amide bonds. The quantitative estimate of drug-likeness (QED) is 0.702. The number of carbonyl (C=O) groups is 1. The Morgan fingerprint density at radius 3 is 2.67 bits per heavy atom. The van der Waals surface area contributed by atoms with Crippen molar-refractivity contribution in [3.63, 3.8) is 0 Å². The van der Waals surface area contributed by atoms with Gasteiger partial charge in [-0.25, -0.2) is 0 Å². The van der Waals surface area contributed by atoms with Crippen LogP contribution >= 0.6 is 0 Å². The van der Waals surface area contributed by atoms with Gasteiger partial charge >= 0.3 is 0 Å². The maximum Gasteiger partial charge on any atom is 0.292 e. The molecule has 0 aliphatic rings. The molecule has 1 heterocycles. The Kier molecular flexibility index (Phi) is 2.42. The molecular weight excluding hydrogens is 158 g/mol. The van der Waals surface area contributed by atoms with E-state index in [9.17, 15) is 4.79 Å². The highest BCUT2D eigenvalue weighted by atomic mass is 16.5. The SMILES string of the molecule is CNC(=O)c1noc(C(C)C)n1. The average molecular weight is 169 g/mol. The van der Waals surface area contributed by atoms with Crippen LogP contribution in [0, 0.1) is 0 Å². The van der Waals surface area contributed by atoms with Gasteiger partial charge in [0.2, 0.25) is 5.89 Å².